The van der Waals surface area contributed by atoms with Crippen LogP contribution in [0.3, 0.4) is 0 Å². The molecule has 4 heterocycles. The third kappa shape index (κ3) is 5.71. The summed E-state index contributed by atoms with van der Waals surface area (Å²) in [5, 5.41) is 15.6. The van der Waals surface area contributed by atoms with Gasteiger partial charge in [0.1, 0.15) is 6.54 Å². The fourth-order valence-electron chi connectivity index (χ4n) is 4.15. The Kier molecular flexibility index (Phi) is 7.12. The summed E-state index contributed by atoms with van der Waals surface area (Å²) in [7, 11) is 1.84. The van der Waals surface area contributed by atoms with E-state index >= 15 is 0 Å². The van der Waals surface area contributed by atoms with Gasteiger partial charge < -0.3 is 14.9 Å². The number of aryl methyl sites for hydroxylation is 1. The Morgan fingerprint density at radius 3 is 2.52 bits per heavy atom. The Hall–Kier alpha value is -2.93. The molecule has 1 atom stereocenters. The molecule has 0 aromatic carbocycles. The highest BCUT2D eigenvalue weighted by atomic mass is 32.1. The zero-order valence-corrected chi connectivity index (χ0v) is 18.9. The molecule has 2 amide bonds. The van der Waals surface area contributed by atoms with Crippen LogP contribution in [-0.2, 0) is 28.0 Å². The van der Waals surface area contributed by atoms with Gasteiger partial charge in [0.05, 0.1) is 24.0 Å². The van der Waals surface area contributed by atoms with Gasteiger partial charge in [-0.25, -0.2) is 4.79 Å². The number of aromatic nitrogens is 2. The number of hydrogen-bond donors (Lipinski definition) is 1. The maximum absolute atomic E-state index is 12.7. The molecule has 0 bridgehead atoms. The predicted molar refractivity (Wildman–Crippen MR) is 114 cm³/mol. The van der Waals surface area contributed by atoms with Crippen molar-refractivity contribution in [1.29, 1.82) is 0 Å². The lowest BCUT2D eigenvalue weighted by atomic mass is 9.92. The quantitative estimate of drug-likeness (QED) is 0.711. The Morgan fingerprint density at radius 1 is 1.30 bits per heavy atom. The van der Waals surface area contributed by atoms with Crippen molar-refractivity contribution in [3.8, 4) is 0 Å². The van der Waals surface area contributed by atoms with Gasteiger partial charge in [0.15, 0.2) is 0 Å². The molecule has 2 aliphatic rings. The zero-order chi connectivity index (χ0) is 24.4. The maximum Gasteiger partial charge on any atom is 0.490 e. The van der Waals surface area contributed by atoms with Gasteiger partial charge in [-0.1, -0.05) is 0 Å². The number of likely N-dealkylation sites (tertiary alicyclic amines) is 1. The average Bonchev–Trinajstić information content (AvgIpc) is 3.46. The van der Waals surface area contributed by atoms with E-state index < -0.39 is 12.1 Å². The second-order valence-electron chi connectivity index (χ2n) is 8.08. The average molecular weight is 488 g/mol. The minimum atomic E-state index is -5.08. The van der Waals surface area contributed by atoms with Crippen LogP contribution in [-0.4, -0.2) is 80.4 Å². The van der Waals surface area contributed by atoms with Crippen LogP contribution < -0.4 is 4.90 Å². The van der Waals surface area contributed by atoms with E-state index in [9.17, 15) is 22.8 Å². The highest BCUT2D eigenvalue weighted by Gasteiger charge is 2.50. The fourth-order valence-corrected chi connectivity index (χ4v) is 4.81. The molecule has 9 nitrogen and oxygen atoms in total. The fraction of sp³-hybridized carbons (Fsp3) is 0.500. The number of anilines is 1. The molecule has 2 fully saturated rings. The molecule has 0 saturated carbocycles. The van der Waals surface area contributed by atoms with Crippen molar-refractivity contribution >= 4 is 34.8 Å². The maximum atomic E-state index is 12.7. The number of amides is 2. The monoisotopic (exact) mass is 487 g/mol. The summed E-state index contributed by atoms with van der Waals surface area (Å²) in [6.07, 6.45) is -0.638. The number of nitrogens with zero attached hydrogens (tertiary/aromatic N) is 5. The van der Waals surface area contributed by atoms with E-state index in [-0.39, 0.29) is 23.9 Å². The molecule has 33 heavy (non-hydrogen) atoms. The van der Waals surface area contributed by atoms with Crippen molar-refractivity contribution < 1.29 is 32.7 Å². The first-order valence-corrected chi connectivity index (χ1v) is 11.0. The number of thiophene rings is 1. The molecule has 1 spiro atoms. The van der Waals surface area contributed by atoms with Crippen molar-refractivity contribution in [3.05, 3.63) is 34.8 Å². The van der Waals surface area contributed by atoms with E-state index in [0.29, 0.717) is 6.54 Å². The lowest BCUT2D eigenvalue weighted by molar-refractivity contribution is -0.192. The van der Waals surface area contributed by atoms with Crippen LogP contribution >= 0.6 is 11.3 Å². The Labute approximate surface area is 192 Å². The van der Waals surface area contributed by atoms with E-state index in [4.69, 9.17) is 9.90 Å². The van der Waals surface area contributed by atoms with Crippen LogP contribution in [0.1, 0.15) is 18.9 Å². The molecule has 2 aromatic heterocycles. The number of piperazine rings is 1. The summed E-state index contributed by atoms with van der Waals surface area (Å²) in [6.45, 7) is 4.82. The van der Waals surface area contributed by atoms with E-state index in [1.165, 1.54) is 5.56 Å². The van der Waals surface area contributed by atoms with Crippen molar-refractivity contribution in [2.45, 2.75) is 31.6 Å². The lowest BCUT2D eigenvalue weighted by Crippen LogP contribution is -2.66. The number of halogens is 3. The predicted octanol–water partition coefficient (Wildman–Crippen LogP) is 1.95. The standard InChI is InChI=1S/C18H23N5O2S.C2HF3O2/c1-14(24)23-10-17(25)22(16-7-19-20(2)9-16)13-18(23)4-5-21(12-18)8-15-3-6-26-11-15;3-2(4,5)1(6)7/h3,6-7,9,11H,4-5,8,10,12-13H2,1-2H3;(H,6,7). The molecule has 2 saturated heterocycles. The van der Waals surface area contributed by atoms with Gasteiger partial charge in [-0.05, 0) is 28.8 Å². The second-order valence-corrected chi connectivity index (χ2v) is 8.86. The summed E-state index contributed by atoms with van der Waals surface area (Å²) in [5.41, 5.74) is 1.78. The molecule has 2 aliphatic heterocycles. The van der Waals surface area contributed by atoms with E-state index in [0.717, 1.165) is 31.7 Å². The highest BCUT2D eigenvalue weighted by molar-refractivity contribution is 7.07. The highest BCUT2D eigenvalue weighted by Crippen LogP contribution is 2.35. The molecule has 13 heteroatoms. The van der Waals surface area contributed by atoms with E-state index in [1.54, 1.807) is 38.9 Å². The topological polar surface area (TPSA) is 99.0 Å². The summed E-state index contributed by atoms with van der Waals surface area (Å²) >= 11 is 1.70. The van der Waals surface area contributed by atoms with Gasteiger partial charge in [-0.3, -0.25) is 19.2 Å². The molecule has 180 valence electrons. The molecule has 0 radical (unpaired) electrons. The van der Waals surface area contributed by atoms with Crippen molar-refractivity contribution in [3.63, 3.8) is 0 Å². The zero-order valence-electron chi connectivity index (χ0n) is 18.1. The SMILES string of the molecule is CC(=O)N1CC(=O)N(c2cnn(C)c2)CC12CCN(Cc1ccsc1)C2.O=C(O)C(F)(F)F. The van der Waals surface area contributed by atoms with Gasteiger partial charge in [-0.15, -0.1) is 0 Å². The van der Waals surface area contributed by atoms with Gasteiger partial charge in [0.25, 0.3) is 0 Å². The summed E-state index contributed by atoms with van der Waals surface area (Å²) in [4.78, 5) is 39.8. The van der Waals surface area contributed by atoms with Gasteiger partial charge in [-0.2, -0.15) is 29.6 Å². The minimum absolute atomic E-state index is 0.0263. The first-order valence-electron chi connectivity index (χ1n) is 10.0. The number of alkyl halides is 3. The second kappa shape index (κ2) is 9.51. The van der Waals surface area contributed by atoms with Gasteiger partial charge in [0.2, 0.25) is 11.8 Å². The minimum Gasteiger partial charge on any atom is -0.475 e. The largest absolute Gasteiger partial charge is 0.490 e. The third-order valence-electron chi connectivity index (χ3n) is 5.64. The summed E-state index contributed by atoms with van der Waals surface area (Å²) < 4.78 is 33.4. The molecule has 1 N–H and O–H groups in total. The number of carbonyl (C=O) groups is 3. The summed E-state index contributed by atoms with van der Waals surface area (Å²) in [6, 6.07) is 2.14. The number of carbonyl (C=O) groups excluding carboxylic acids is 2. The van der Waals surface area contributed by atoms with Gasteiger partial charge >= 0.3 is 12.1 Å². The molecular formula is C20H24F3N5O4S. The Bertz CT molecular complexity index is 1010. The van der Waals surface area contributed by atoms with Crippen LogP contribution in [0.2, 0.25) is 0 Å². The van der Waals surface area contributed by atoms with E-state index in [2.05, 4.69) is 26.8 Å². The van der Waals surface area contributed by atoms with Crippen LogP contribution in [0.4, 0.5) is 18.9 Å². The van der Waals surface area contributed by atoms with Crippen molar-refractivity contribution in [2.24, 2.45) is 7.05 Å². The Balaban J connectivity index is 0.000000383. The third-order valence-corrected chi connectivity index (χ3v) is 6.37. The number of carboxylic acid groups (broad SMARTS) is 1. The van der Waals surface area contributed by atoms with Crippen molar-refractivity contribution in [1.82, 2.24) is 19.6 Å². The first kappa shape index (κ1) is 24.7. The van der Waals surface area contributed by atoms with Crippen LogP contribution in [0.25, 0.3) is 0 Å². The molecule has 2 aromatic rings. The number of hydrogen-bond acceptors (Lipinski definition) is 6. The number of rotatable bonds is 3. The summed E-state index contributed by atoms with van der Waals surface area (Å²) in [5.74, 6) is -2.83. The van der Waals surface area contributed by atoms with Gasteiger partial charge in [0, 0.05) is 39.8 Å². The lowest BCUT2D eigenvalue weighted by Gasteiger charge is -2.48. The van der Waals surface area contributed by atoms with Crippen LogP contribution in [0, 0.1) is 0 Å². The first-order chi connectivity index (χ1) is 15.4. The van der Waals surface area contributed by atoms with Crippen LogP contribution in [0.15, 0.2) is 29.2 Å². The Morgan fingerprint density at radius 2 is 2.00 bits per heavy atom. The molecule has 1 unspecified atom stereocenters. The molecule has 0 aliphatic carbocycles. The van der Waals surface area contributed by atoms with Crippen molar-refractivity contribution in [2.75, 3.05) is 31.1 Å². The smallest absolute Gasteiger partial charge is 0.475 e. The van der Waals surface area contributed by atoms with Crippen LogP contribution in [0.5, 0.6) is 0 Å². The normalized spacial score (nSPS) is 21.3. The number of aliphatic carboxylic acids is 1. The number of carboxylic acids is 1. The molecule has 4 rings (SSSR count). The van der Waals surface area contributed by atoms with E-state index in [1.807, 2.05) is 13.2 Å². The molecular weight excluding hydrogens is 463 g/mol.